The lowest BCUT2D eigenvalue weighted by atomic mass is 9.70. The van der Waals surface area contributed by atoms with E-state index in [-0.39, 0.29) is 29.1 Å². The standard InChI is InChI=1S/C26H41N5O2/c1-18-10-12-19(13-11-18)21-14-16-31(17-26(21,2)3)24(33)22(9-6-15-29-25(27)28)30-23(32)20-7-4-5-8-20/h10-13,20-22H,4-9,14-17H2,1-3H3,(H,30,32)(H4,27,28,29)/t21?,22-/m1/s1. The summed E-state index contributed by atoms with van der Waals surface area (Å²) in [4.78, 5) is 32.4. The molecule has 0 radical (unpaired) electrons. The molecule has 33 heavy (non-hydrogen) atoms. The molecular formula is C26H41N5O2. The Morgan fingerprint density at radius 3 is 2.42 bits per heavy atom. The number of hydrogen-bond donors (Lipinski definition) is 3. The van der Waals surface area contributed by atoms with Gasteiger partial charge in [-0.1, -0.05) is 56.5 Å². The molecule has 1 aliphatic heterocycles. The average molecular weight is 456 g/mol. The highest BCUT2D eigenvalue weighted by Crippen LogP contribution is 2.42. The summed E-state index contributed by atoms with van der Waals surface area (Å²) < 4.78 is 0. The van der Waals surface area contributed by atoms with Crippen LogP contribution in [0.4, 0.5) is 0 Å². The molecule has 182 valence electrons. The minimum absolute atomic E-state index is 0.0153. The second-order valence-corrected chi connectivity index (χ2v) is 10.5. The maximum atomic E-state index is 13.6. The molecule has 2 fully saturated rings. The summed E-state index contributed by atoms with van der Waals surface area (Å²) in [6.45, 7) is 8.40. The predicted octanol–water partition coefficient (Wildman–Crippen LogP) is 3.07. The zero-order valence-corrected chi connectivity index (χ0v) is 20.5. The number of aryl methyl sites for hydroxylation is 1. The van der Waals surface area contributed by atoms with E-state index in [1.807, 2.05) is 4.90 Å². The minimum Gasteiger partial charge on any atom is -0.370 e. The van der Waals surface area contributed by atoms with Gasteiger partial charge in [0, 0.05) is 25.6 Å². The van der Waals surface area contributed by atoms with E-state index >= 15 is 0 Å². The van der Waals surface area contributed by atoms with Gasteiger partial charge in [0.1, 0.15) is 6.04 Å². The lowest BCUT2D eigenvalue weighted by molar-refractivity contribution is -0.140. The average Bonchev–Trinajstić information content (AvgIpc) is 3.30. The minimum atomic E-state index is -0.529. The lowest BCUT2D eigenvalue weighted by Gasteiger charge is -2.45. The highest BCUT2D eigenvalue weighted by Gasteiger charge is 2.40. The number of guanidine groups is 1. The second-order valence-electron chi connectivity index (χ2n) is 10.5. The van der Waals surface area contributed by atoms with Crippen LogP contribution in [0.5, 0.6) is 0 Å². The number of aliphatic imine (C=N–C) groups is 1. The van der Waals surface area contributed by atoms with Crippen molar-refractivity contribution < 1.29 is 9.59 Å². The maximum absolute atomic E-state index is 13.6. The molecule has 0 spiro atoms. The van der Waals surface area contributed by atoms with Crippen LogP contribution in [-0.4, -0.2) is 48.3 Å². The Hall–Kier alpha value is -2.57. The van der Waals surface area contributed by atoms with E-state index in [2.05, 4.69) is 55.3 Å². The molecule has 3 rings (SSSR count). The molecule has 1 aliphatic carbocycles. The molecule has 7 nitrogen and oxygen atoms in total. The fourth-order valence-electron chi connectivity index (χ4n) is 5.42. The first-order chi connectivity index (χ1) is 15.7. The molecule has 0 aromatic heterocycles. The van der Waals surface area contributed by atoms with Crippen LogP contribution in [0.3, 0.4) is 0 Å². The third kappa shape index (κ3) is 6.71. The Morgan fingerprint density at radius 1 is 1.15 bits per heavy atom. The van der Waals surface area contributed by atoms with Crippen LogP contribution in [0.15, 0.2) is 29.3 Å². The lowest BCUT2D eigenvalue weighted by Crippen LogP contribution is -2.54. The van der Waals surface area contributed by atoms with E-state index in [9.17, 15) is 9.59 Å². The van der Waals surface area contributed by atoms with Crippen molar-refractivity contribution in [2.24, 2.45) is 27.8 Å². The second kappa shape index (κ2) is 11.0. The highest BCUT2D eigenvalue weighted by atomic mass is 16.2. The SMILES string of the molecule is Cc1ccc(C2CCN(C(=O)[C@@H](CCCN=C(N)N)NC(=O)C3CCCC3)CC2(C)C)cc1. The summed E-state index contributed by atoms with van der Waals surface area (Å²) in [5, 5.41) is 3.08. The van der Waals surface area contributed by atoms with Crippen LogP contribution >= 0.6 is 0 Å². The highest BCUT2D eigenvalue weighted by molar-refractivity contribution is 5.88. The third-order valence-electron chi connectivity index (χ3n) is 7.31. The van der Waals surface area contributed by atoms with Crippen LogP contribution in [-0.2, 0) is 9.59 Å². The quantitative estimate of drug-likeness (QED) is 0.317. The van der Waals surface area contributed by atoms with Crippen molar-refractivity contribution in [1.82, 2.24) is 10.2 Å². The van der Waals surface area contributed by atoms with Crippen molar-refractivity contribution in [3.63, 3.8) is 0 Å². The van der Waals surface area contributed by atoms with Crippen molar-refractivity contribution in [2.75, 3.05) is 19.6 Å². The number of amides is 2. The fourth-order valence-corrected chi connectivity index (χ4v) is 5.42. The number of piperidine rings is 1. The van der Waals surface area contributed by atoms with Crippen LogP contribution in [0.1, 0.15) is 75.8 Å². The number of likely N-dealkylation sites (tertiary alicyclic amines) is 1. The van der Waals surface area contributed by atoms with Crippen molar-refractivity contribution >= 4 is 17.8 Å². The molecular weight excluding hydrogens is 414 g/mol. The Bertz CT molecular complexity index is 839. The summed E-state index contributed by atoms with van der Waals surface area (Å²) >= 11 is 0. The van der Waals surface area contributed by atoms with E-state index in [1.165, 1.54) is 11.1 Å². The molecule has 2 atom stereocenters. The molecule has 1 saturated carbocycles. The van der Waals surface area contributed by atoms with Gasteiger partial charge in [0.05, 0.1) is 0 Å². The molecule has 1 unspecified atom stereocenters. The molecule has 2 amide bonds. The van der Waals surface area contributed by atoms with Crippen molar-refractivity contribution in [3.05, 3.63) is 35.4 Å². The molecule has 5 N–H and O–H groups in total. The number of hydrogen-bond acceptors (Lipinski definition) is 3. The Morgan fingerprint density at radius 2 is 1.82 bits per heavy atom. The molecule has 7 heteroatoms. The first-order valence-electron chi connectivity index (χ1n) is 12.4. The summed E-state index contributed by atoms with van der Waals surface area (Å²) in [6.07, 6.45) is 6.09. The molecule has 1 saturated heterocycles. The summed E-state index contributed by atoms with van der Waals surface area (Å²) in [6, 6.07) is 8.22. The monoisotopic (exact) mass is 455 g/mol. The first kappa shape index (κ1) is 25.1. The van der Waals surface area contributed by atoms with Crippen molar-refractivity contribution in [2.45, 2.75) is 77.7 Å². The van der Waals surface area contributed by atoms with Gasteiger partial charge in [-0.05, 0) is 55.9 Å². The van der Waals surface area contributed by atoms with Crippen LogP contribution in [0.2, 0.25) is 0 Å². The number of nitrogens with one attached hydrogen (secondary N) is 1. The Labute approximate surface area is 198 Å². The van der Waals surface area contributed by atoms with E-state index in [1.54, 1.807) is 0 Å². The van der Waals surface area contributed by atoms with Gasteiger partial charge in [-0.25, -0.2) is 0 Å². The van der Waals surface area contributed by atoms with Gasteiger partial charge in [0.25, 0.3) is 0 Å². The fraction of sp³-hybridized carbons (Fsp3) is 0.654. The Kier molecular flexibility index (Phi) is 8.38. The van der Waals surface area contributed by atoms with Crippen LogP contribution in [0, 0.1) is 18.3 Å². The van der Waals surface area contributed by atoms with E-state index < -0.39 is 6.04 Å². The third-order valence-corrected chi connectivity index (χ3v) is 7.31. The largest absolute Gasteiger partial charge is 0.370 e. The van der Waals surface area contributed by atoms with Gasteiger partial charge in [-0.3, -0.25) is 14.6 Å². The van der Waals surface area contributed by atoms with Gasteiger partial charge >= 0.3 is 0 Å². The molecule has 1 heterocycles. The van der Waals surface area contributed by atoms with Crippen LogP contribution in [0.25, 0.3) is 0 Å². The summed E-state index contributed by atoms with van der Waals surface area (Å²) in [5.74, 6) is 0.507. The van der Waals surface area contributed by atoms with E-state index in [0.29, 0.717) is 38.4 Å². The summed E-state index contributed by atoms with van der Waals surface area (Å²) in [7, 11) is 0. The predicted molar refractivity (Wildman–Crippen MR) is 133 cm³/mol. The topological polar surface area (TPSA) is 114 Å². The van der Waals surface area contributed by atoms with E-state index in [0.717, 1.165) is 32.1 Å². The van der Waals surface area contributed by atoms with Gasteiger partial charge in [0.15, 0.2) is 5.96 Å². The normalized spacial score (nSPS) is 21.4. The zero-order chi connectivity index (χ0) is 24.0. The Balaban J connectivity index is 1.67. The van der Waals surface area contributed by atoms with Crippen molar-refractivity contribution in [3.8, 4) is 0 Å². The van der Waals surface area contributed by atoms with Gasteiger partial charge < -0.3 is 21.7 Å². The number of carbonyl (C=O) groups excluding carboxylic acids is 2. The van der Waals surface area contributed by atoms with Gasteiger partial charge in [0.2, 0.25) is 11.8 Å². The number of rotatable bonds is 8. The molecule has 2 aliphatic rings. The number of nitrogens with two attached hydrogens (primary N) is 2. The molecule has 1 aromatic rings. The number of nitrogens with zero attached hydrogens (tertiary/aromatic N) is 2. The van der Waals surface area contributed by atoms with Crippen molar-refractivity contribution in [1.29, 1.82) is 0 Å². The van der Waals surface area contributed by atoms with E-state index in [4.69, 9.17) is 11.5 Å². The van der Waals surface area contributed by atoms with Gasteiger partial charge in [-0.15, -0.1) is 0 Å². The zero-order valence-electron chi connectivity index (χ0n) is 20.5. The number of carbonyl (C=O) groups is 2. The molecule has 1 aromatic carbocycles. The number of benzene rings is 1. The summed E-state index contributed by atoms with van der Waals surface area (Å²) in [5.41, 5.74) is 13.4. The van der Waals surface area contributed by atoms with Crippen LogP contribution < -0.4 is 16.8 Å². The molecule has 0 bridgehead atoms. The maximum Gasteiger partial charge on any atom is 0.245 e. The smallest absolute Gasteiger partial charge is 0.245 e. The van der Waals surface area contributed by atoms with Gasteiger partial charge in [-0.2, -0.15) is 0 Å². The first-order valence-corrected chi connectivity index (χ1v) is 12.4.